The molecule has 0 unspecified atom stereocenters. The second-order valence-electron chi connectivity index (χ2n) is 18.9. The number of benzene rings is 6. The SMILES string of the molecule is O=C(O[C@@H]1[C@H](OC(=O)c2ccccc2)[C@@H](OC[C@H]2O[C@H](O)[C@@H](OC(=O)c3ccccc3)[C@@H](OC(=O)c3ccccc3)[C@@H]2OC(=O)c2ccccc2)O[C@H](CO[C@H]2O[C@H](CO)[C@@H](O)[C@H](O)[C@@H]2O)[C@H]1OC(=O)c1ccccc1)c1ccccc1. The number of hydrogen-bond acceptors (Lipinski definition) is 22. The van der Waals surface area contributed by atoms with Gasteiger partial charge in [-0.2, -0.15) is 0 Å². The van der Waals surface area contributed by atoms with Crippen molar-refractivity contribution in [1.29, 1.82) is 0 Å². The molecular weight excluding hydrogens is 1070 g/mol. The Hall–Kier alpha value is -8.26. The van der Waals surface area contributed by atoms with Crippen LogP contribution in [0, 0.1) is 0 Å². The van der Waals surface area contributed by atoms with Gasteiger partial charge in [0.2, 0.25) is 0 Å². The summed E-state index contributed by atoms with van der Waals surface area (Å²) in [5, 5.41) is 54.1. The molecule has 9 rings (SSSR count). The number of aliphatic hydroxyl groups is 5. The maximum Gasteiger partial charge on any atom is 0.338 e. The van der Waals surface area contributed by atoms with Gasteiger partial charge < -0.3 is 77.6 Å². The van der Waals surface area contributed by atoms with E-state index in [4.69, 9.17) is 52.1 Å². The molecule has 0 radical (unpaired) electrons. The lowest BCUT2D eigenvalue weighted by molar-refractivity contribution is -0.338. The third kappa shape index (κ3) is 14.1. The van der Waals surface area contributed by atoms with Crippen molar-refractivity contribution in [3.63, 3.8) is 0 Å². The van der Waals surface area contributed by atoms with E-state index in [0.29, 0.717) is 0 Å². The summed E-state index contributed by atoms with van der Waals surface area (Å²) in [6.07, 6.45) is -27.8. The van der Waals surface area contributed by atoms with E-state index in [9.17, 15) is 54.3 Å². The lowest BCUT2D eigenvalue weighted by atomic mass is 9.96. The number of esters is 6. The minimum atomic E-state index is -2.17. The first-order valence-electron chi connectivity index (χ1n) is 25.9. The Bertz CT molecular complexity index is 3070. The van der Waals surface area contributed by atoms with E-state index in [1.54, 1.807) is 109 Å². The highest BCUT2D eigenvalue weighted by Crippen LogP contribution is 2.35. The van der Waals surface area contributed by atoms with Crippen LogP contribution < -0.4 is 0 Å². The molecular formula is C60H56O22. The van der Waals surface area contributed by atoms with E-state index in [0.717, 1.165) is 0 Å². The van der Waals surface area contributed by atoms with Crippen LogP contribution in [0.15, 0.2) is 182 Å². The number of carbonyl (C=O) groups is 6. The molecule has 15 atom stereocenters. The monoisotopic (exact) mass is 1130 g/mol. The zero-order chi connectivity index (χ0) is 57.7. The predicted octanol–water partition coefficient (Wildman–Crippen LogP) is 3.62. The van der Waals surface area contributed by atoms with Crippen molar-refractivity contribution in [2.24, 2.45) is 0 Å². The zero-order valence-corrected chi connectivity index (χ0v) is 43.3. The van der Waals surface area contributed by atoms with E-state index in [2.05, 4.69) is 0 Å². The van der Waals surface area contributed by atoms with Gasteiger partial charge in [0.25, 0.3) is 0 Å². The molecule has 0 spiro atoms. The summed E-state index contributed by atoms with van der Waals surface area (Å²) in [5.41, 5.74) is -0.00739. The second kappa shape index (κ2) is 27.5. The summed E-state index contributed by atoms with van der Waals surface area (Å²) in [6.45, 7) is -2.51. The molecule has 0 aliphatic carbocycles. The van der Waals surface area contributed by atoms with Gasteiger partial charge in [0, 0.05) is 0 Å². The quantitative estimate of drug-likeness (QED) is 0.0571. The summed E-state index contributed by atoms with van der Waals surface area (Å²) in [5.74, 6) is -6.09. The average molecular weight is 1130 g/mol. The van der Waals surface area contributed by atoms with E-state index in [1.165, 1.54) is 72.8 Å². The molecule has 0 amide bonds. The molecule has 22 heteroatoms. The second-order valence-corrected chi connectivity index (χ2v) is 18.9. The highest BCUT2D eigenvalue weighted by Gasteiger charge is 2.57. The minimum absolute atomic E-state index is 0.000176. The van der Waals surface area contributed by atoms with Crippen LogP contribution in [-0.4, -0.2) is 173 Å². The zero-order valence-electron chi connectivity index (χ0n) is 43.3. The van der Waals surface area contributed by atoms with Crippen molar-refractivity contribution in [1.82, 2.24) is 0 Å². The molecule has 5 N–H and O–H groups in total. The van der Waals surface area contributed by atoms with Gasteiger partial charge in [-0.1, -0.05) is 109 Å². The lowest BCUT2D eigenvalue weighted by Crippen LogP contribution is -2.65. The molecule has 0 bridgehead atoms. The standard InChI is InChI=1S/C60H56O22/c61-31-40-43(62)44(63)45(64)59(75-40)72-33-42-47(78-53(66)35-21-9-2-10-22-35)49(80-55(68)37-25-13-4-14-26-37)51(82-57(70)39-29-17-6-18-30-39)60(76-42)73-32-41-46(77-52(65)34-19-7-1-8-20-34)48(79-54(67)36-23-11-3-12-24-36)50(58(71)74-41)81-56(69)38-27-15-5-16-28-38/h1-30,40-51,58-64,71H,31-33H2/t40-,41-,42-,43-,44+,45+,46-,47-,48+,49+,50+,51+,58+,59+,60+/m1/s1. The van der Waals surface area contributed by atoms with Crippen molar-refractivity contribution in [3.8, 4) is 0 Å². The largest absolute Gasteiger partial charge is 0.452 e. The van der Waals surface area contributed by atoms with Gasteiger partial charge in [-0.25, -0.2) is 28.8 Å². The van der Waals surface area contributed by atoms with E-state index >= 15 is 0 Å². The molecule has 3 saturated heterocycles. The summed E-state index contributed by atoms with van der Waals surface area (Å²) in [7, 11) is 0. The summed E-state index contributed by atoms with van der Waals surface area (Å²) < 4.78 is 67.1. The van der Waals surface area contributed by atoms with Gasteiger partial charge in [0.1, 0.15) is 36.6 Å². The van der Waals surface area contributed by atoms with Crippen molar-refractivity contribution in [2.75, 3.05) is 19.8 Å². The number of hydrogen-bond donors (Lipinski definition) is 5. The maximum absolute atomic E-state index is 14.3. The summed E-state index contributed by atoms with van der Waals surface area (Å²) in [4.78, 5) is 84.7. The predicted molar refractivity (Wildman–Crippen MR) is 279 cm³/mol. The van der Waals surface area contributed by atoms with E-state index < -0.39 is 148 Å². The number of ether oxygens (including phenoxy) is 11. The van der Waals surface area contributed by atoms with Crippen LogP contribution in [0.5, 0.6) is 0 Å². The Morgan fingerprint density at radius 2 is 0.598 bits per heavy atom. The Morgan fingerprint density at radius 1 is 0.317 bits per heavy atom. The number of aliphatic hydroxyl groups excluding tert-OH is 5. The normalized spacial score (nSPS) is 27.8. The van der Waals surface area contributed by atoms with Crippen LogP contribution in [0.25, 0.3) is 0 Å². The van der Waals surface area contributed by atoms with Crippen molar-refractivity contribution in [3.05, 3.63) is 215 Å². The van der Waals surface area contributed by atoms with Crippen LogP contribution >= 0.6 is 0 Å². The van der Waals surface area contributed by atoms with Gasteiger partial charge in [-0.15, -0.1) is 0 Å². The first kappa shape index (κ1) is 58.4. The lowest BCUT2D eigenvalue weighted by Gasteiger charge is -2.46. The molecule has 3 aliphatic rings. The fourth-order valence-corrected chi connectivity index (χ4v) is 9.16. The van der Waals surface area contributed by atoms with Crippen LogP contribution in [0.1, 0.15) is 62.1 Å². The van der Waals surface area contributed by atoms with Gasteiger partial charge in [0.05, 0.1) is 53.2 Å². The molecule has 22 nitrogen and oxygen atoms in total. The highest BCUT2D eigenvalue weighted by atomic mass is 16.8. The van der Waals surface area contributed by atoms with Crippen molar-refractivity contribution >= 4 is 35.8 Å². The molecule has 3 aliphatic heterocycles. The maximum atomic E-state index is 14.3. The van der Waals surface area contributed by atoms with Gasteiger partial charge >= 0.3 is 35.8 Å². The van der Waals surface area contributed by atoms with E-state index in [1.807, 2.05) is 0 Å². The van der Waals surface area contributed by atoms with E-state index in [-0.39, 0.29) is 33.4 Å². The number of rotatable bonds is 19. The average Bonchev–Trinajstić information content (AvgIpc) is 3.54. The van der Waals surface area contributed by atoms with Crippen LogP contribution in [0.4, 0.5) is 0 Å². The number of carbonyl (C=O) groups excluding carboxylic acids is 6. The van der Waals surface area contributed by atoms with Gasteiger partial charge in [-0.05, 0) is 72.8 Å². The fourth-order valence-electron chi connectivity index (χ4n) is 9.16. The smallest absolute Gasteiger partial charge is 0.338 e. The minimum Gasteiger partial charge on any atom is -0.452 e. The molecule has 6 aromatic rings. The molecule has 0 saturated carbocycles. The molecule has 82 heavy (non-hydrogen) atoms. The van der Waals surface area contributed by atoms with Gasteiger partial charge in [-0.3, -0.25) is 0 Å². The highest BCUT2D eigenvalue weighted by molar-refractivity contribution is 5.92. The molecule has 3 fully saturated rings. The van der Waals surface area contributed by atoms with Crippen molar-refractivity contribution in [2.45, 2.75) is 92.1 Å². The molecule has 428 valence electrons. The van der Waals surface area contributed by atoms with Crippen molar-refractivity contribution < 1.29 is 106 Å². The van der Waals surface area contributed by atoms with Crippen LogP contribution in [0.3, 0.4) is 0 Å². The Morgan fingerprint density at radius 3 is 0.951 bits per heavy atom. The van der Waals surface area contributed by atoms with Gasteiger partial charge in [0.15, 0.2) is 55.5 Å². The topological polar surface area (TPSA) is 305 Å². The molecule has 6 aromatic carbocycles. The summed E-state index contributed by atoms with van der Waals surface area (Å²) in [6, 6.07) is 45.5. The molecule has 0 aromatic heterocycles. The first-order valence-corrected chi connectivity index (χ1v) is 25.9. The van der Waals surface area contributed by atoms with Crippen LogP contribution in [-0.2, 0) is 52.1 Å². The fraction of sp³-hybridized carbons (Fsp3) is 0.300. The molecule has 3 heterocycles. The van der Waals surface area contributed by atoms with Crippen LogP contribution in [0.2, 0.25) is 0 Å². The Labute approximate surface area is 468 Å². The third-order valence-corrected chi connectivity index (χ3v) is 13.4. The first-order chi connectivity index (χ1) is 39.8. The third-order valence-electron chi connectivity index (χ3n) is 13.4. The Balaban J connectivity index is 1.12. The Kier molecular flexibility index (Phi) is 19.6. The summed E-state index contributed by atoms with van der Waals surface area (Å²) >= 11 is 0.